The SMILES string of the molecule is CCCOP(=O)(OCCC)C(Nc1ccc(C(F)(F)F)cc1)c1cccc(F)c1. The topological polar surface area (TPSA) is 47.6 Å². The van der Waals surface area contributed by atoms with Crippen LogP contribution in [0.4, 0.5) is 23.2 Å². The summed E-state index contributed by atoms with van der Waals surface area (Å²) in [4.78, 5) is 0. The van der Waals surface area contributed by atoms with E-state index in [9.17, 15) is 22.1 Å². The van der Waals surface area contributed by atoms with Crippen LogP contribution in [-0.4, -0.2) is 13.2 Å². The summed E-state index contributed by atoms with van der Waals surface area (Å²) in [5.74, 6) is -1.63. The first-order valence-corrected chi connectivity index (χ1v) is 10.9. The van der Waals surface area contributed by atoms with Gasteiger partial charge >= 0.3 is 13.8 Å². The highest BCUT2D eigenvalue weighted by Gasteiger charge is 2.38. The van der Waals surface area contributed by atoms with Crippen LogP contribution >= 0.6 is 7.60 Å². The van der Waals surface area contributed by atoms with Gasteiger partial charge in [-0.2, -0.15) is 13.2 Å². The smallest absolute Gasteiger partial charge is 0.368 e. The Morgan fingerprint density at radius 1 is 1.00 bits per heavy atom. The molecular formula is C20H24F4NO3P. The molecule has 2 aromatic rings. The monoisotopic (exact) mass is 433 g/mol. The van der Waals surface area contributed by atoms with Crippen molar-refractivity contribution in [2.75, 3.05) is 18.5 Å². The first-order chi connectivity index (χ1) is 13.7. The minimum Gasteiger partial charge on any atom is -0.368 e. The maximum absolute atomic E-state index is 13.8. The molecule has 29 heavy (non-hydrogen) atoms. The van der Waals surface area contributed by atoms with Crippen LogP contribution in [0.15, 0.2) is 48.5 Å². The van der Waals surface area contributed by atoms with Crippen molar-refractivity contribution < 1.29 is 31.2 Å². The maximum atomic E-state index is 13.8. The van der Waals surface area contributed by atoms with E-state index in [1.807, 2.05) is 13.8 Å². The Hall–Kier alpha value is -1.89. The third kappa shape index (κ3) is 6.56. The molecule has 0 fully saturated rings. The molecule has 0 aliphatic heterocycles. The van der Waals surface area contributed by atoms with E-state index in [2.05, 4.69) is 5.32 Å². The van der Waals surface area contributed by atoms with E-state index in [1.54, 1.807) is 6.07 Å². The van der Waals surface area contributed by atoms with Gasteiger partial charge in [0.2, 0.25) is 0 Å². The van der Waals surface area contributed by atoms with Gasteiger partial charge in [0.25, 0.3) is 0 Å². The van der Waals surface area contributed by atoms with Crippen LogP contribution < -0.4 is 5.32 Å². The predicted octanol–water partition coefficient (Wildman–Crippen LogP) is 7.00. The lowest BCUT2D eigenvalue weighted by atomic mass is 10.2. The Kier molecular flexibility index (Phi) is 8.25. The van der Waals surface area contributed by atoms with Crippen molar-refractivity contribution in [3.63, 3.8) is 0 Å². The molecule has 0 aliphatic carbocycles. The fourth-order valence-electron chi connectivity index (χ4n) is 2.56. The van der Waals surface area contributed by atoms with Crippen molar-refractivity contribution in [3.8, 4) is 0 Å². The van der Waals surface area contributed by atoms with Gasteiger partial charge in [0.15, 0.2) is 5.78 Å². The van der Waals surface area contributed by atoms with Crippen molar-refractivity contribution in [1.82, 2.24) is 0 Å². The van der Waals surface area contributed by atoms with E-state index in [-0.39, 0.29) is 18.9 Å². The summed E-state index contributed by atoms with van der Waals surface area (Å²) in [5, 5.41) is 2.91. The van der Waals surface area contributed by atoms with Gasteiger partial charge in [-0.3, -0.25) is 4.57 Å². The minimum absolute atomic E-state index is 0.154. The molecule has 0 heterocycles. The van der Waals surface area contributed by atoms with Gasteiger partial charge in [-0.05, 0) is 54.8 Å². The molecule has 1 atom stereocenters. The lowest BCUT2D eigenvalue weighted by Crippen LogP contribution is -2.16. The van der Waals surface area contributed by atoms with E-state index < -0.39 is 30.9 Å². The number of alkyl halides is 3. The summed E-state index contributed by atoms with van der Waals surface area (Å²) in [6, 6.07) is 9.71. The third-order valence-corrected chi connectivity index (χ3v) is 6.09. The fraction of sp³-hybridized carbons (Fsp3) is 0.400. The van der Waals surface area contributed by atoms with E-state index in [0.717, 1.165) is 12.1 Å². The predicted molar refractivity (Wildman–Crippen MR) is 104 cm³/mol. The molecule has 0 spiro atoms. The molecule has 160 valence electrons. The molecule has 0 aromatic heterocycles. The highest BCUT2D eigenvalue weighted by molar-refractivity contribution is 7.54. The molecular weight excluding hydrogens is 409 g/mol. The van der Waals surface area contributed by atoms with E-state index in [1.165, 1.54) is 30.3 Å². The van der Waals surface area contributed by atoms with Crippen LogP contribution in [0.2, 0.25) is 0 Å². The second kappa shape index (κ2) is 10.2. The molecule has 4 nitrogen and oxygen atoms in total. The maximum Gasteiger partial charge on any atom is 0.416 e. The van der Waals surface area contributed by atoms with Gasteiger partial charge < -0.3 is 14.4 Å². The molecule has 9 heteroatoms. The number of anilines is 1. The number of nitrogens with one attached hydrogen (secondary N) is 1. The first kappa shape index (κ1) is 23.4. The second-order valence-corrected chi connectivity index (χ2v) is 8.50. The van der Waals surface area contributed by atoms with Crippen molar-refractivity contribution >= 4 is 13.3 Å². The Morgan fingerprint density at radius 3 is 2.07 bits per heavy atom. The number of benzene rings is 2. The van der Waals surface area contributed by atoms with Crippen LogP contribution in [-0.2, 0) is 19.8 Å². The van der Waals surface area contributed by atoms with E-state index in [0.29, 0.717) is 18.4 Å². The Balaban J connectivity index is 2.42. The summed E-state index contributed by atoms with van der Waals surface area (Å²) in [7, 11) is -3.81. The van der Waals surface area contributed by atoms with Gasteiger partial charge in [-0.1, -0.05) is 26.0 Å². The molecule has 2 rings (SSSR count). The molecule has 0 bridgehead atoms. The average Bonchev–Trinajstić information content (AvgIpc) is 2.68. The highest BCUT2D eigenvalue weighted by atomic mass is 31.2. The van der Waals surface area contributed by atoms with Gasteiger partial charge in [0.1, 0.15) is 5.82 Å². The Morgan fingerprint density at radius 2 is 1.59 bits per heavy atom. The summed E-state index contributed by atoms with van der Waals surface area (Å²) in [6.07, 6.45) is -3.31. The largest absolute Gasteiger partial charge is 0.416 e. The third-order valence-electron chi connectivity index (χ3n) is 3.95. The normalized spacial score (nSPS) is 13.3. The average molecular weight is 433 g/mol. The molecule has 0 radical (unpaired) electrons. The van der Waals surface area contributed by atoms with Crippen LogP contribution in [0.1, 0.15) is 43.6 Å². The first-order valence-electron chi connectivity index (χ1n) is 9.27. The molecule has 1 N–H and O–H groups in total. The molecule has 2 aromatic carbocycles. The van der Waals surface area contributed by atoms with Crippen molar-refractivity contribution in [2.24, 2.45) is 0 Å². The van der Waals surface area contributed by atoms with Crippen LogP contribution in [0.3, 0.4) is 0 Å². The fourth-order valence-corrected chi connectivity index (χ4v) is 4.64. The Labute approximate surface area is 167 Å². The van der Waals surface area contributed by atoms with Gasteiger partial charge in [0.05, 0.1) is 18.8 Å². The number of rotatable bonds is 10. The van der Waals surface area contributed by atoms with Crippen molar-refractivity contribution in [1.29, 1.82) is 0 Å². The minimum atomic E-state index is -4.47. The van der Waals surface area contributed by atoms with Gasteiger partial charge in [0, 0.05) is 5.69 Å². The van der Waals surface area contributed by atoms with Crippen LogP contribution in [0.5, 0.6) is 0 Å². The second-order valence-electron chi connectivity index (χ2n) is 6.38. The van der Waals surface area contributed by atoms with Gasteiger partial charge in [-0.25, -0.2) is 4.39 Å². The van der Waals surface area contributed by atoms with Crippen LogP contribution in [0, 0.1) is 5.82 Å². The molecule has 0 aliphatic rings. The lowest BCUT2D eigenvalue weighted by molar-refractivity contribution is -0.137. The molecule has 1 unspecified atom stereocenters. The quantitative estimate of drug-likeness (QED) is 0.324. The zero-order valence-corrected chi connectivity index (χ0v) is 17.1. The van der Waals surface area contributed by atoms with E-state index >= 15 is 0 Å². The Bertz CT molecular complexity index is 815. The van der Waals surface area contributed by atoms with Gasteiger partial charge in [-0.15, -0.1) is 0 Å². The summed E-state index contributed by atoms with van der Waals surface area (Å²) >= 11 is 0. The highest BCUT2D eigenvalue weighted by Crippen LogP contribution is 2.61. The van der Waals surface area contributed by atoms with Crippen molar-refractivity contribution in [2.45, 2.75) is 38.6 Å². The molecule has 0 saturated heterocycles. The van der Waals surface area contributed by atoms with E-state index in [4.69, 9.17) is 9.05 Å². The number of hydrogen-bond donors (Lipinski definition) is 1. The number of hydrogen-bond acceptors (Lipinski definition) is 4. The molecule has 0 amide bonds. The lowest BCUT2D eigenvalue weighted by Gasteiger charge is -2.29. The standard InChI is InChI=1S/C20H24F4NO3P/c1-3-12-27-29(26,28-13-4-2)19(15-6-5-7-17(21)14-15)25-18-10-8-16(9-11-18)20(22,23)24/h5-11,14,19,25H,3-4,12-13H2,1-2H3. The zero-order valence-electron chi connectivity index (χ0n) is 16.2. The summed E-state index contributed by atoms with van der Waals surface area (Å²) in [5.41, 5.74) is -0.230. The summed E-state index contributed by atoms with van der Waals surface area (Å²) < 4.78 is 76.9. The van der Waals surface area contributed by atoms with Crippen molar-refractivity contribution in [3.05, 3.63) is 65.5 Å². The number of halogens is 4. The zero-order chi connectivity index (χ0) is 21.5. The summed E-state index contributed by atoms with van der Waals surface area (Å²) in [6.45, 7) is 3.98. The van der Waals surface area contributed by atoms with Crippen LogP contribution in [0.25, 0.3) is 0 Å². The molecule has 0 saturated carbocycles.